The summed E-state index contributed by atoms with van der Waals surface area (Å²) in [6, 6.07) is 8.90. The van der Waals surface area contributed by atoms with Crippen molar-refractivity contribution in [1.29, 1.82) is 0 Å². The summed E-state index contributed by atoms with van der Waals surface area (Å²) in [6.07, 6.45) is 3.13. The van der Waals surface area contributed by atoms with Crippen LogP contribution in [0.5, 0.6) is 0 Å². The van der Waals surface area contributed by atoms with Gasteiger partial charge in [-0.2, -0.15) is 0 Å². The van der Waals surface area contributed by atoms with Crippen LogP contribution in [0.1, 0.15) is 30.7 Å². The number of piperidine rings is 1. The summed E-state index contributed by atoms with van der Waals surface area (Å²) in [5.41, 5.74) is 1.29. The minimum Gasteiger partial charge on any atom is -0.358 e. The Labute approximate surface area is 183 Å². The van der Waals surface area contributed by atoms with Gasteiger partial charge in [0.25, 0.3) is 0 Å². The Morgan fingerprint density at radius 2 is 2.04 bits per heavy atom. The SMILES string of the molecule is CN=C(NC1CCN(CC(=O)NC)CC1)NC1CC1c1cccc(Cl)c1.I. The molecule has 1 aromatic carbocycles. The molecule has 1 saturated carbocycles. The topological polar surface area (TPSA) is 68.8 Å². The number of rotatable bonds is 5. The number of nitrogens with one attached hydrogen (secondary N) is 3. The fourth-order valence-corrected chi connectivity index (χ4v) is 3.72. The highest BCUT2D eigenvalue weighted by molar-refractivity contribution is 14.0. The highest BCUT2D eigenvalue weighted by Gasteiger charge is 2.39. The van der Waals surface area contributed by atoms with E-state index < -0.39 is 0 Å². The van der Waals surface area contributed by atoms with Gasteiger partial charge in [0.1, 0.15) is 0 Å². The molecule has 8 heteroatoms. The van der Waals surface area contributed by atoms with E-state index in [-0.39, 0.29) is 29.9 Å². The highest BCUT2D eigenvalue weighted by atomic mass is 127. The quantitative estimate of drug-likeness (QED) is 0.326. The van der Waals surface area contributed by atoms with Gasteiger partial charge in [-0.15, -0.1) is 24.0 Å². The van der Waals surface area contributed by atoms with Gasteiger partial charge in [0.2, 0.25) is 5.91 Å². The van der Waals surface area contributed by atoms with E-state index in [2.05, 4.69) is 31.9 Å². The zero-order valence-corrected chi connectivity index (χ0v) is 19.0. The first-order valence-electron chi connectivity index (χ1n) is 9.27. The van der Waals surface area contributed by atoms with Crippen molar-refractivity contribution in [2.45, 2.75) is 37.3 Å². The minimum absolute atomic E-state index is 0. The fraction of sp³-hybridized carbons (Fsp3) is 0.579. The second-order valence-electron chi connectivity index (χ2n) is 7.09. The van der Waals surface area contributed by atoms with E-state index in [0.29, 0.717) is 24.5 Å². The molecule has 2 aliphatic rings. The number of halogens is 2. The number of hydrogen-bond donors (Lipinski definition) is 3. The third-order valence-corrected chi connectivity index (χ3v) is 5.42. The van der Waals surface area contributed by atoms with Crippen molar-refractivity contribution in [2.75, 3.05) is 33.7 Å². The Bertz CT molecular complexity index is 663. The van der Waals surface area contributed by atoms with Gasteiger partial charge in [0.05, 0.1) is 6.54 Å². The van der Waals surface area contributed by atoms with E-state index in [1.807, 2.05) is 25.2 Å². The standard InChI is InChI=1S/C19H28ClN5O.HI/c1-21-18(26)12-25-8-6-15(7-9-25)23-19(22-2)24-17-11-16(17)13-4-3-5-14(20)10-13;/h3-5,10,15-17H,6-9,11-12H2,1-2H3,(H,21,26)(H2,22,23,24);1H. The van der Waals surface area contributed by atoms with Crippen LogP contribution in [0.4, 0.5) is 0 Å². The van der Waals surface area contributed by atoms with E-state index in [1.54, 1.807) is 7.05 Å². The van der Waals surface area contributed by atoms with Crippen molar-refractivity contribution in [3.63, 3.8) is 0 Å². The third kappa shape index (κ3) is 6.50. The van der Waals surface area contributed by atoms with Crippen molar-refractivity contribution in [1.82, 2.24) is 20.9 Å². The molecule has 1 amide bonds. The van der Waals surface area contributed by atoms with Gasteiger partial charge < -0.3 is 16.0 Å². The summed E-state index contributed by atoms with van der Waals surface area (Å²) in [5.74, 6) is 1.45. The monoisotopic (exact) mass is 505 g/mol. The Kier molecular flexibility index (Phi) is 8.62. The first-order valence-corrected chi connectivity index (χ1v) is 9.65. The van der Waals surface area contributed by atoms with Crippen molar-refractivity contribution in [2.24, 2.45) is 4.99 Å². The molecule has 2 fully saturated rings. The van der Waals surface area contributed by atoms with Crippen LogP contribution in [0, 0.1) is 0 Å². The third-order valence-electron chi connectivity index (χ3n) is 5.19. The fourth-order valence-electron chi connectivity index (χ4n) is 3.52. The van der Waals surface area contributed by atoms with Crippen molar-refractivity contribution in [3.8, 4) is 0 Å². The van der Waals surface area contributed by atoms with E-state index >= 15 is 0 Å². The first kappa shape index (κ1) is 22.2. The molecular weight excluding hydrogens is 477 g/mol. The molecule has 0 spiro atoms. The molecule has 3 N–H and O–H groups in total. The molecule has 1 heterocycles. The van der Waals surface area contributed by atoms with Crippen molar-refractivity contribution < 1.29 is 4.79 Å². The van der Waals surface area contributed by atoms with Gasteiger partial charge in [-0.25, -0.2) is 0 Å². The summed E-state index contributed by atoms with van der Waals surface area (Å²) < 4.78 is 0. The van der Waals surface area contributed by atoms with Gasteiger partial charge in [0.15, 0.2) is 5.96 Å². The average molecular weight is 506 g/mol. The summed E-state index contributed by atoms with van der Waals surface area (Å²) in [4.78, 5) is 18.1. The van der Waals surface area contributed by atoms with Crippen LogP contribution in [-0.2, 0) is 4.79 Å². The lowest BCUT2D eigenvalue weighted by Crippen LogP contribution is -2.50. The molecule has 0 aromatic heterocycles. The van der Waals surface area contributed by atoms with Crippen LogP contribution >= 0.6 is 35.6 Å². The highest BCUT2D eigenvalue weighted by Crippen LogP contribution is 2.41. The van der Waals surface area contributed by atoms with Gasteiger partial charge in [0, 0.05) is 50.2 Å². The molecular formula is C19H29ClIN5O. The maximum absolute atomic E-state index is 11.5. The predicted molar refractivity (Wildman–Crippen MR) is 121 cm³/mol. The summed E-state index contributed by atoms with van der Waals surface area (Å²) >= 11 is 6.09. The molecule has 1 aromatic rings. The number of guanidine groups is 1. The maximum Gasteiger partial charge on any atom is 0.233 e. The number of nitrogens with zero attached hydrogens (tertiary/aromatic N) is 2. The lowest BCUT2D eigenvalue weighted by molar-refractivity contribution is -0.122. The molecule has 27 heavy (non-hydrogen) atoms. The molecule has 2 atom stereocenters. The normalized spacial score (nSPS) is 23.3. The second kappa shape index (κ2) is 10.5. The second-order valence-corrected chi connectivity index (χ2v) is 7.52. The molecule has 1 aliphatic carbocycles. The zero-order valence-electron chi connectivity index (χ0n) is 15.9. The molecule has 150 valence electrons. The number of hydrogen-bond acceptors (Lipinski definition) is 3. The molecule has 3 rings (SSSR count). The van der Waals surface area contributed by atoms with E-state index in [0.717, 1.165) is 43.3 Å². The smallest absolute Gasteiger partial charge is 0.233 e. The van der Waals surface area contributed by atoms with Gasteiger partial charge in [-0.1, -0.05) is 23.7 Å². The molecule has 2 unspecified atom stereocenters. The van der Waals surface area contributed by atoms with Crippen LogP contribution in [0.25, 0.3) is 0 Å². The number of amides is 1. The number of likely N-dealkylation sites (N-methyl/N-ethyl adjacent to an activating group) is 1. The molecule has 0 radical (unpaired) electrons. The van der Waals surface area contributed by atoms with Gasteiger partial charge >= 0.3 is 0 Å². The summed E-state index contributed by atoms with van der Waals surface area (Å²) in [5, 5.41) is 10.5. The van der Waals surface area contributed by atoms with Crippen LogP contribution in [-0.4, -0.2) is 62.6 Å². The predicted octanol–water partition coefficient (Wildman–Crippen LogP) is 2.19. The van der Waals surface area contributed by atoms with E-state index in [4.69, 9.17) is 11.6 Å². The lowest BCUT2D eigenvalue weighted by Gasteiger charge is -2.32. The Morgan fingerprint density at radius 1 is 1.30 bits per heavy atom. The zero-order chi connectivity index (χ0) is 18.5. The maximum atomic E-state index is 11.5. The van der Waals surface area contributed by atoms with E-state index in [1.165, 1.54) is 5.56 Å². The molecule has 1 aliphatic heterocycles. The molecule has 1 saturated heterocycles. The Morgan fingerprint density at radius 3 is 2.67 bits per heavy atom. The summed E-state index contributed by atoms with van der Waals surface area (Å²) in [6.45, 7) is 2.34. The average Bonchev–Trinajstić information content (AvgIpc) is 3.42. The van der Waals surface area contributed by atoms with Crippen LogP contribution < -0.4 is 16.0 Å². The van der Waals surface area contributed by atoms with Crippen molar-refractivity contribution >= 4 is 47.4 Å². The number of carbonyl (C=O) groups is 1. The summed E-state index contributed by atoms with van der Waals surface area (Å²) in [7, 11) is 3.49. The minimum atomic E-state index is 0. The first-order chi connectivity index (χ1) is 12.6. The Balaban J connectivity index is 0.00000261. The molecule has 6 nitrogen and oxygen atoms in total. The van der Waals surface area contributed by atoms with Crippen molar-refractivity contribution in [3.05, 3.63) is 34.9 Å². The lowest BCUT2D eigenvalue weighted by atomic mass is 10.1. The number of aliphatic imine (C=N–C) groups is 1. The van der Waals surface area contributed by atoms with Crippen LogP contribution in [0.2, 0.25) is 5.02 Å². The van der Waals surface area contributed by atoms with Gasteiger partial charge in [-0.05, 0) is 37.0 Å². The van der Waals surface area contributed by atoms with E-state index in [9.17, 15) is 4.79 Å². The molecule has 0 bridgehead atoms. The number of likely N-dealkylation sites (tertiary alicyclic amines) is 1. The Hall–Kier alpha value is -1.06. The number of benzene rings is 1. The largest absolute Gasteiger partial charge is 0.358 e. The van der Waals surface area contributed by atoms with Crippen LogP contribution in [0.3, 0.4) is 0 Å². The number of carbonyl (C=O) groups excluding carboxylic acids is 1. The van der Waals surface area contributed by atoms with Crippen LogP contribution in [0.15, 0.2) is 29.3 Å². The van der Waals surface area contributed by atoms with Gasteiger partial charge in [-0.3, -0.25) is 14.7 Å².